The summed E-state index contributed by atoms with van der Waals surface area (Å²) in [6.45, 7) is 1.95. The molecular formula is C7H13NO4S. The summed E-state index contributed by atoms with van der Waals surface area (Å²) in [5.41, 5.74) is 0. The number of carbonyl (C=O) groups is 1. The Kier molecular flexibility index (Phi) is 2.63. The molecule has 76 valence electrons. The number of hydrogen-bond donors (Lipinski definition) is 1. The van der Waals surface area contributed by atoms with Crippen molar-refractivity contribution >= 4 is 16.0 Å². The zero-order chi connectivity index (χ0) is 10.2. The van der Waals surface area contributed by atoms with Crippen LogP contribution in [0.4, 0.5) is 0 Å². The van der Waals surface area contributed by atoms with E-state index in [0.29, 0.717) is 13.0 Å². The van der Waals surface area contributed by atoms with E-state index < -0.39 is 28.0 Å². The maximum atomic E-state index is 11.1. The minimum atomic E-state index is -3.25. The summed E-state index contributed by atoms with van der Waals surface area (Å²) in [6, 6.07) is -0.424. The molecule has 13 heavy (non-hydrogen) atoms. The van der Waals surface area contributed by atoms with Gasteiger partial charge in [-0.05, 0) is 13.3 Å². The van der Waals surface area contributed by atoms with Gasteiger partial charge < -0.3 is 5.11 Å². The first-order valence-corrected chi connectivity index (χ1v) is 5.88. The molecule has 0 aromatic heterocycles. The van der Waals surface area contributed by atoms with Crippen LogP contribution in [0.25, 0.3) is 0 Å². The maximum Gasteiger partial charge on any atom is 0.308 e. The number of carboxylic acids is 1. The van der Waals surface area contributed by atoms with E-state index in [0.717, 1.165) is 6.26 Å². The molecule has 1 N–H and O–H groups in total. The Hall–Kier alpha value is -0.620. The van der Waals surface area contributed by atoms with Crippen molar-refractivity contribution in [2.75, 3.05) is 12.8 Å². The van der Waals surface area contributed by atoms with E-state index in [9.17, 15) is 13.2 Å². The average molecular weight is 207 g/mol. The van der Waals surface area contributed by atoms with E-state index in [1.807, 2.05) is 0 Å². The first-order chi connectivity index (χ1) is 5.84. The molecule has 0 aromatic rings. The van der Waals surface area contributed by atoms with Gasteiger partial charge in [0, 0.05) is 12.6 Å². The molecule has 0 bridgehead atoms. The summed E-state index contributed by atoms with van der Waals surface area (Å²) < 4.78 is 23.5. The molecule has 0 amide bonds. The van der Waals surface area contributed by atoms with Gasteiger partial charge in [-0.2, -0.15) is 4.31 Å². The lowest BCUT2D eigenvalue weighted by Gasteiger charge is -2.20. The van der Waals surface area contributed by atoms with Crippen LogP contribution in [-0.4, -0.2) is 42.6 Å². The number of sulfonamides is 1. The summed E-state index contributed by atoms with van der Waals surface area (Å²) in [7, 11) is -3.25. The van der Waals surface area contributed by atoms with Crippen molar-refractivity contribution in [2.45, 2.75) is 19.4 Å². The molecule has 2 atom stereocenters. The Balaban J connectivity index is 2.83. The van der Waals surface area contributed by atoms with Crippen molar-refractivity contribution in [1.82, 2.24) is 4.31 Å². The van der Waals surface area contributed by atoms with E-state index in [-0.39, 0.29) is 0 Å². The zero-order valence-corrected chi connectivity index (χ0v) is 8.41. The quantitative estimate of drug-likeness (QED) is 0.677. The molecular weight excluding hydrogens is 194 g/mol. The predicted molar refractivity (Wildman–Crippen MR) is 46.8 cm³/mol. The molecule has 0 saturated carbocycles. The van der Waals surface area contributed by atoms with Gasteiger partial charge in [-0.1, -0.05) is 0 Å². The molecule has 1 aliphatic heterocycles. The third-order valence-corrected chi connectivity index (χ3v) is 3.81. The van der Waals surface area contributed by atoms with Crippen molar-refractivity contribution < 1.29 is 18.3 Å². The molecule has 1 rings (SSSR count). The van der Waals surface area contributed by atoms with E-state index >= 15 is 0 Å². The highest BCUT2D eigenvalue weighted by molar-refractivity contribution is 7.88. The molecule has 1 aliphatic rings. The van der Waals surface area contributed by atoms with Crippen LogP contribution in [-0.2, 0) is 14.8 Å². The largest absolute Gasteiger partial charge is 0.481 e. The smallest absolute Gasteiger partial charge is 0.308 e. The van der Waals surface area contributed by atoms with E-state index in [1.165, 1.54) is 4.31 Å². The normalized spacial score (nSPS) is 30.6. The molecule has 0 radical (unpaired) electrons. The van der Waals surface area contributed by atoms with Crippen molar-refractivity contribution in [3.05, 3.63) is 0 Å². The number of carboxylic acid groups (broad SMARTS) is 1. The van der Waals surface area contributed by atoms with Crippen LogP contribution < -0.4 is 0 Å². The monoisotopic (exact) mass is 207 g/mol. The van der Waals surface area contributed by atoms with Gasteiger partial charge in [0.15, 0.2) is 0 Å². The molecule has 0 spiro atoms. The second kappa shape index (κ2) is 3.26. The van der Waals surface area contributed by atoms with Gasteiger partial charge in [-0.3, -0.25) is 4.79 Å². The molecule has 1 heterocycles. The van der Waals surface area contributed by atoms with Gasteiger partial charge in [0.25, 0.3) is 0 Å². The first-order valence-electron chi connectivity index (χ1n) is 4.03. The fourth-order valence-corrected chi connectivity index (χ4v) is 2.90. The second-order valence-corrected chi connectivity index (χ2v) is 5.28. The van der Waals surface area contributed by atoms with Crippen LogP contribution in [0.1, 0.15) is 13.3 Å². The lowest BCUT2D eigenvalue weighted by atomic mass is 10.0. The molecule has 6 heteroatoms. The minimum Gasteiger partial charge on any atom is -0.481 e. The molecule has 1 saturated heterocycles. The summed E-state index contributed by atoms with van der Waals surface area (Å²) in [5, 5.41) is 8.75. The van der Waals surface area contributed by atoms with Crippen LogP contribution in [0.5, 0.6) is 0 Å². The predicted octanol–water partition coefficient (Wildman–Crippen LogP) is -0.259. The lowest BCUT2D eigenvalue weighted by molar-refractivity contribution is -0.142. The lowest BCUT2D eigenvalue weighted by Crippen LogP contribution is -2.36. The fraction of sp³-hybridized carbons (Fsp3) is 0.857. The van der Waals surface area contributed by atoms with Gasteiger partial charge in [-0.25, -0.2) is 8.42 Å². The average Bonchev–Trinajstić information content (AvgIpc) is 2.28. The number of nitrogens with zero attached hydrogens (tertiary/aromatic N) is 1. The van der Waals surface area contributed by atoms with Crippen molar-refractivity contribution in [3.63, 3.8) is 0 Å². The van der Waals surface area contributed by atoms with Gasteiger partial charge in [0.05, 0.1) is 12.2 Å². The topological polar surface area (TPSA) is 74.7 Å². The van der Waals surface area contributed by atoms with Crippen LogP contribution in [0, 0.1) is 5.92 Å². The van der Waals surface area contributed by atoms with Crippen LogP contribution in [0.3, 0.4) is 0 Å². The second-order valence-electron chi connectivity index (χ2n) is 3.35. The highest BCUT2D eigenvalue weighted by Crippen LogP contribution is 2.26. The Morgan fingerprint density at radius 3 is 2.31 bits per heavy atom. The Morgan fingerprint density at radius 2 is 2.08 bits per heavy atom. The third kappa shape index (κ3) is 2.00. The van der Waals surface area contributed by atoms with E-state index in [4.69, 9.17) is 5.11 Å². The molecule has 2 unspecified atom stereocenters. The Morgan fingerprint density at radius 1 is 1.54 bits per heavy atom. The molecule has 5 nitrogen and oxygen atoms in total. The van der Waals surface area contributed by atoms with Crippen LogP contribution in [0.15, 0.2) is 0 Å². The zero-order valence-electron chi connectivity index (χ0n) is 7.60. The maximum absolute atomic E-state index is 11.1. The molecule has 1 fully saturated rings. The highest BCUT2D eigenvalue weighted by atomic mass is 32.2. The Labute approximate surface area is 77.4 Å². The van der Waals surface area contributed by atoms with Crippen LogP contribution in [0.2, 0.25) is 0 Å². The van der Waals surface area contributed by atoms with E-state index in [2.05, 4.69) is 0 Å². The van der Waals surface area contributed by atoms with Gasteiger partial charge in [0.2, 0.25) is 10.0 Å². The SMILES string of the molecule is CC1C(C(=O)O)CCN1S(C)(=O)=O. The number of aliphatic carboxylic acids is 1. The highest BCUT2D eigenvalue weighted by Gasteiger charge is 2.39. The molecule has 0 aliphatic carbocycles. The minimum absolute atomic E-state index is 0.316. The number of rotatable bonds is 2. The van der Waals surface area contributed by atoms with Crippen LogP contribution >= 0.6 is 0 Å². The summed E-state index contributed by atoms with van der Waals surface area (Å²) in [6.07, 6.45) is 1.51. The summed E-state index contributed by atoms with van der Waals surface area (Å²) in [5.74, 6) is -1.48. The van der Waals surface area contributed by atoms with Gasteiger partial charge in [-0.15, -0.1) is 0 Å². The van der Waals surface area contributed by atoms with Crippen molar-refractivity contribution in [2.24, 2.45) is 5.92 Å². The molecule has 0 aromatic carbocycles. The summed E-state index contributed by atoms with van der Waals surface area (Å²) in [4.78, 5) is 10.7. The van der Waals surface area contributed by atoms with Crippen molar-refractivity contribution in [3.8, 4) is 0 Å². The van der Waals surface area contributed by atoms with Crippen molar-refractivity contribution in [1.29, 1.82) is 0 Å². The number of hydrogen-bond acceptors (Lipinski definition) is 3. The standard InChI is InChI=1S/C7H13NO4S/c1-5-6(7(9)10)3-4-8(5)13(2,11)12/h5-6H,3-4H2,1-2H3,(H,9,10). The fourth-order valence-electron chi connectivity index (χ4n) is 1.71. The first kappa shape index (κ1) is 10.5. The summed E-state index contributed by atoms with van der Waals surface area (Å²) >= 11 is 0. The van der Waals surface area contributed by atoms with Gasteiger partial charge in [0.1, 0.15) is 0 Å². The van der Waals surface area contributed by atoms with E-state index in [1.54, 1.807) is 6.92 Å². The Bertz CT molecular complexity index is 310. The third-order valence-electron chi connectivity index (χ3n) is 2.44. The van der Waals surface area contributed by atoms with Gasteiger partial charge >= 0.3 is 5.97 Å².